The summed E-state index contributed by atoms with van der Waals surface area (Å²) in [5, 5.41) is 16.2. The second-order valence-electron chi connectivity index (χ2n) is 7.50. The number of thioether (sulfide) groups is 1. The Morgan fingerprint density at radius 3 is 2.65 bits per heavy atom. The Balaban J connectivity index is 1.47. The van der Waals surface area contributed by atoms with E-state index in [2.05, 4.69) is 32.6 Å². The summed E-state index contributed by atoms with van der Waals surface area (Å²) in [6.07, 6.45) is 0.848. The fraction of sp³-hybridized carbons (Fsp3) is 0.292. The molecule has 34 heavy (non-hydrogen) atoms. The number of nitrogens with zero attached hydrogens (tertiary/aromatic N) is 5. The minimum atomic E-state index is -0.0965. The van der Waals surface area contributed by atoms with Gasteiger partial charge in [-0.2, -0.15) is 4.98 Å². The van der Waals surface area contributed by atoms with E-state index in [1.54, 1.807) is 7.11 Å². The van der Waals surface area contributed by atoms with E-state index in [0.29, 0.717) is 23.4 Å². The van der Waals surface area contributed by atoms with Crippen molar-refractivity contribution in [1.29, 1.82) is 0 Å². The number of anilines is 1. The standard InChI is InChI=1S/C24H26N6O3S/c1-5-16-9-7-8-15(3)20(16)25-19(31)14-34-24-28-27-22(30(24)6-2)23-26-21(29-33-23)17-10-12-18(32-4)13-11-17/h7-13H,5-6,14H2,1-4H3,(H,25,31). The van der Waals surface area contributed by atoms with Crippen LogP contribution in [0.15, 0.2) is 52.1 Å². The van der Waals surface area contributed by atoms with Crippen LogP contribution >= 0.6 is 11.8 Å². The first-order chi connectivity index (χ1) is 16.5. The van der Waals surface area contributed by atoms with Gasteiger partial charge in [0.05, 0.1) is 12.9 Å². The van der Waals surface area contributed by atoms with E-state index in [1.807, 2.05) is 60.9 Å². The summed E-state index contributed by atoms with van der Waals surface area (Å²) in [5.74, 6) is 2.03. The van der Waals surface area contributed by atoms with Crippen molar-refractivity contribution in [3.63, 3.8) is 0 Å². The van der Waals surface area contributed by atoms with E-state index in [-0.39, 0.29) is 17.6 Å². The maximum absolute atomic E-state index is 12.6. The van der Waals surface area contributed by atoms with E-state index in [9.17, 15) is 4.79 Å². The molecule has 0 spiro atoms. The summed E-state index contributed by atoms with van der Waals surface area (Å²) < 4.78 is 12.5. The zero-order valence-electron chi connectivity index (χ0n) is 19.5. The molecule has 0 unspecified atom stereocenters. The van der Waals surface area contributed by atoms with Crippen molar-refractivity contribution in [1.82, 2.24) is 24.9 Å². The van der Waals surface area contributed by atoms with Crippen LogP contribution in [0.3, 0.4) is 0 Å². The van der Waals surface area contributed by atoms with Crippen LogP contribution in [0.25, 0.3) is 23.1 Å². The molecule has 0 saturated heterocycles. The Morgan fingerprint density at radius 2 is 1.94 bits per heavy atom. The summed E-state index contributed by atoms with van der Waals surface area (Å²) >= 11 is 1.31. The van der Waals surface area contributed by atoms with Gasteiger partial charge in [-0.3, -0.25) is 9.36 Å². The maximum atomic E-state index is 12.6. The smallest absolute Gasteiger partial charge is 0.296 e. The van der Waals surface area contributed by atoms with Crippen LogP contribution in [0.2, 0.25) is 0 Å². The van der Waals surface area contributed by atoms with E-state index in [1.165, 1.54) is 11.8 Å². The van der Waals surface area contributed by atoms with Crippen molar-refractivity contribution < 1.29 is 14.1 Å². The molecule has 0 atom stereocenters. The molecule has 4 rings (SSSR count). The number of hydrogen-bond acceptors (Lipinski definition) is 8. The summed E-state index contributed by atoms with van der Waals surface area (Å²) in [6.45, 7) is 6.62. The van der Waals surface area contributed by atoms with Gasteiger partial charge in [0.1, 0.15) is 5.75 Å². The van der Waals surface area contributed by atoms with E-state index >= 15 is 0 Å². The van der Waals surface area contributed by atoms with Gasteiger partial charge in [0.25, 0.3) is 5.89 Å². The van der Waals surface area contributed by atoms with Crippen LogP contribution in [-0.2, 0) is 17.8 Å². The Hall–Kier alpha value is -3.66. The van der Waals surface area contributed by atoms with Crippen molar-refractivity contribution in [2.24, 2.45) is 0 Å². The van der Waals surface area contributed by atoms with Crippen molar-refractivity contribution in [2.75, 3.05) is 18.2 Å². The average molecular weight is 479 g/mol. The first-order valence-corrected chi connectivity index (χ1v) is 11.9. The monoisotopic (exact) mass is 478 g/mol. The summed E-state index contributed by atoms with van der Waals surface area (Å²) in [5.41, 5.74) is 3.83. The van der Waals surface area contributed by atoms with E-state index < -0.39 is 0 Å². The van der Waals surface area contributed by atoms with Crippen LogP contribution in [0.1, 0.15) is 25.0 Å². The SMILES string of the molecule is CCc1cccc(C)c1NC(=O)CSc1nnc(-c2nc(-c3ccc(OC)cc3)no2)n1CC. The lowest BCUT2D eigenvalue weighted by molar-refractivity contribution is -0.113. The molecule has 2 aromatic heterocycles. The first kappa shape index (κ1) is 23.5. The average Bonchev–Trinajstić information content (AvgIpc) is 3.51. The normalized spacial score (nSPS) is 10.9. The molecule has 10 heteroatoms. The lowest BCUT2D eigenvalue weighted by Gasteiger charge is -2.12. The van der Waals surface area contributed by atoms with Gasteiger partial charge in [0.15, 0.2) is 5.16 Å². The Bertz CT molecular complexity index is 1280. The zero-order chi connectivity index (χ0) is 24.1. The van der Waals surface area contributed by atoms with Gasteiger partial charge < -0.3 is 14.6 Å². The Morgan fingerprint density at radius 1 is 1.15 bits per heavy atom. The number of aromatic nitrogens is 5. The molecule has 0 aliphatic carbocycles. The predicted molar refractivity (Wildman–Crippen MR) is 131 cm³/mol. The third-order valence-corrected chi connectivity index (χ3v) is 6.30. The molecule has 9 nitrogen and oxygen atoms in total. The fourth-order valence-corrected chi connectivity index (χ4v) is 4.32. The van der Waals surface area contributed by atoms with Gasteiger partial charge in [0.2, 0.25) is 17.6 Å². The van der Waals surface area contributed by atoms with Crippen LogP contribution < -0.4 is 10.1 Å². The summed E-state index contributed by atoms with van der Waals surface area (Å²) in [4.78, 5) is 17.1. The van der Waals surface area contributed by atoms with Crippen molar-refractivity contribution in [3.05, 3.63) is 53.6 Å². The fourth-order valence-electron chi connectivity index (χ4n) is 3.52. The Labute approximate surface area is 201 Å². The van der Waals surface area contributed by atoms with E-state index in [0.717, 1.165) is 34.5 Å². The molecular formula is C24H26N6O3S. The van der Waals surface area contributed by atoms with Gasteiger partial charge in [-0.15, -0.1) is 10.2 Å². The van der Waals surface area contributed by atoms with Gasteiger partial charge in [-0.05, 0) is 55.7 Å². The minimum Gasteiger partial charge on any atom is -0.497 e. The van der Waals surface area contributed by atoms with Gasteiger partial charge >= 0.3 is 0 Å². The molecule has 0 aliphatic heterocycles. The number of para-hydroxylation sites is 1. The molecule has 0 fully saturated rings. The van der Waals surface area contributed by atoms with Crippen LogP contribution in [0, 0.1) is 6.92 Å². The van der Waals surface area contributed by atoms with Gasteiger partial charge in [0, 0.05) is 17.8 Å². The Kier molecular flexibility index (Phi) is 7.27. The predicted octanol–water partition coefficient (Wildman–Crippen LogP) is 4.63. The van der Waals surface area contributed by atoms with Gasteiger partial charge in [-0.25, -0.2) is 0 Å². The van der Waals surface area contributed by atoms with Crippen LogP contribution in [-0.4, -0.2) is 43.7 Å². The maximum Gasteiger partial charge on any atom is 0.296 e. The zero-order valence-corrected chi connectivity index (χ0v) is 20.3. The molecule has 2 heterocycles. The van der Waals surface area contributed by atoms with Crippen molar-refractivity contribution in [2.45, 2.75) is 38.9 Å². The number of benzene rings is 2. The molecule has 0 radical (unpaired) electrons. The first-order valence-electron chi connectivity index (χ1n) is 11.0. The second-order valence-corrected chi connectivity index (χ2v) is 8.44. The summed E-state index contributed by atoms with van der Waals surface area (Å²) in [6, 6.07) is 13.4. The number of nitrogens with one attached hydrogen (secondary N) is 1. The second kappa shape index (κ2) is 10.5. The molecule has 0 saturated carbocycles. The molecule has 0 aliphatic rings. The minimum absolute atomic E-state index is 0.0965. The number of carbonyl (C=O) groups is 1. The number of amides is 1. The van der Waals surface area contributed by atoms with Crippen LogP contribution in [0.5, 0.6) is 5.75 Å². The highest BCUT2D eigenvalue weighted by atomic mass is 32.2. The number of methoxy groups -OCH3 is 1. The molecule has 1 amide bonds. The quantitative estimate of drug-likeness (QED) is 0.347. The van der Waals surface area contributed by atoms with Crippen LogP contribution in [0.4, 0.5) is 5.69 Å². The molecule has 4 aromatic rings. The number of rotatable bonds is 9. The van der Waals surface area contributed by atoms with Gasteiger partial charge in [-0.1, -0.05) is 42.0 Å². The molecule has 176 valence electrons. The van der Waals surface area contributed by atoms with E-state index in [4.69, 9.17) is 9.26 Å². The number of hydrogen-bond donors (Lipinski definition) is 1. The number of ether oxygens (including phenoxy) is 1. The van der Waals surface area contributed by atoms with Crippen molar-refractivity contribution in [3.8, 4) is 28.9 Å². The van der Waals surface area contributed by atoms with Crippen molar-refractivity contribution >= 4 is 23.4 Å². The number of carbonyl (C=O) groups excluding carboxylic acids is 1. The number of aryl methyl sites for hydroxylation is 2. The highest BCUT2D eigenvalue weighted by molar-refractivity contribution is 7.99. The summed E-state index contributed by atoms with van der Waals surface area (Å²) in [7, 11) is 1.61. The highest BCUT2D eigenvalue weighted by Crippen LogP contribution is 2.27. The largest absolute Gasteiger partial charge is 0.497 e. The topological polar surface area (TPSA) is 108 Å². The molecule has 0 bridgehead atoms. The molecule has 2 aromatic carbocycles. The molecular weight excluding hydrogens is 452 g/mol. The third kappa shape index (κ3) is 4.96. The molecule has 1 N–H and O–H groups in total. The highest BCUT2D eigenvalue weighted by Gasteiger charge is 2.20. The third-order valence-electron chi connectivity index (χ3n) is 5.34. The lowest BCUT2D eigenvalue weighted by Crippen LogP contribution is -2.16. The lowest BCUT2D eigenvalue weighted by atomic mass is 10.1.